The summed E-state index contributed by atoms with van der Waals surface area (Å²) in [6.07, 6.45) is 0.379. The van der Waals surface area contributed by atoms with Crippen molar-refractivity contribution in [1.29, 1.82) is 0 Å². The number of nitrogens with zero attached hydrogens (tertiary/aromatic N) is 2. The van der Waals surface area contributed by atoms with E-state index in [-0.39, 0.29) is 11.9 Å². The molecule has 1 aromatic heterocycles. The summed E-state index contributed by atoms with van der Waals surface area (Å²) >= 11 is 0. The van der Waals surface area contributed by atoms with Crippen molar-refractivity contribution >= 4 is 5.91 Å². The van der Waals surface area contributed by atoms with Gasteiger partial charge in [-0.25, -0.2) is 0 Å². The number of aromatic nitrogens is 2. The first-order valence-corrected chi connectivity index (χ1v) is 7.16. The Morgan fingerprint density at radius 3 is 2.55 bits per heavy atom. The second kappa shape index (κ2) is 7.43. The van der Waals surface area contributed by atoms with Crippen LogP contribution in [-0.2, 0) is 22.5 Å². The zero-order chi connectivity index (χ0) is 15.3. The van der Waals surface area contributed by atoms with Crippen LogP contribution in [0.15, 0.2) is 0 Å². The number of nitrogens with one attached hydrogen (secondary N) is 1. The number of aryl methyl sites for hydroxylation is 1. The van der Waals surface area contributed by atoms with Crippen molar-refractivity contribution in [1.82, 2.24) is 15.1 Å². The molecule has 0 radical (unpaired) electrons. The molecule has 1 aromatic rings. The molecule has 114 valence electrons. The molecule has 5 nitrogen and oxygen atoms in total. The molecular weight excluding hydrogens is 254 g/mol. The Kier molecular flexibility index (Phi) is 6.20. The molecule has 0 fully saturated rings. The number of ether oxygens (including phenoxy) is 1. The van der Waals surface area contributed by atoms with Crippen molar-refractivity contribution < 1.29 is 9.53 Å². The highest BCUT2D eigenvalue weighted by Crippen LogP contribution is 2.15. The van der Waals surface area contributed by atoms with E-state index in [1.807, 2.05) is 25.5 Å². The lowest BCUT2D eigenvalue weighted by Crippen LogP contribution is -2.36. The van der Waals surface area contributed by atoms with Crippen LogP contribution in [-0.4, -0.2) is 35.4 Å². The predicted octanol–water partition coefficient (Wildman–Crippen LogP) is 1.85. The van der Waals surface area contributed by atoms with Crippen molar-refractivity contribution in [3.8, 4) is 0 Å². The van der Waals surface area contributed by atoms with Crippen molar-refractivity contribution in [3.63, 3.8) is 0 Å². The molecule has 0 aliphatic rings. The maximum Gasteiger partial charge on any atom is 0.224 e. The van der Waals surface area contributed by atoms with E-state index in [4.69, 9.17) is 4.74 Å². The molecule has 0 aromatic carbocycles. The third-order valence-corrected chi connectivity index (χ3v) is 3.23. The normalized spacial score (nSPS) is 12.8. The van der Waals surface area contributed by atoms with Crippen LogP contribution in [0.1, 0.15) is 37.7 Å². The van der Waals surface area contributed by atoms with Gasteiger partial charge in [-0.2, -0.15) is 5.10 Å². The summed E-state index contributed by atoms with van der Waals surface area (Å²) in [5.74, 6) is 0.557. The van der Waals surface area contributed by atoms with Gasteiger partial charge in [0.05, 0.1) is 18.7 Å². The van der Waals surface area contributed by atoms with E-state index >= 15 is 0 Å². The molecule has 5 heteroatoms. The van der Waals surface area contributed by atoms with E-state index in [1.54, 1.807) is 7.11 Å². The SMILES string of the molecule is COC[C@H](C)NC(=O)Cc1c(C)nn(CC(C)C)c1C. The number of carbonyl (C=O) groups is 1. The quantitative estimate of drug-likeness (QED) is 0.830. The summed E-state index contributed by atoms with van der Waals surface area (Å²) in [6.45, 7) is 11.7. The van der Waals surface area contributed by atoms with E-state index in [0.717, 1.165) is 23.5 Å². The Bertz CT molecular complexity index is 452. The molecule has 0 saturated heterocycles. The Labute approximate surface area is 121 Å². The number of rotatable bonds is 7. The first-order valence-electron chi connectivity index (χ1n) is 7.16. The minimum absolute atomic E-state index is 0.0184. The summed E-state index contributed by atoms with van der Waals surface area (Å²) in [4.78, 5) is 12.0. The second-order valence-electron chi connectivity index (χ2n) is 5.83. The summed E-state index contributed by atoms with van der Waals surface area (Å²) < 4.78 is 7.02. The van der Waals surface area contributed by atoms with E-state index in [1.165, 1.54) is 0 Å². The van der Waals surface area contributed by atoms with Gasteiger partial charge >= 0.3 is 0 Å². The van der Waals surface area contributed by atoms with E-state index in [0.29, 0.717) is 18.9 Å². The van der Waals surface area contributed by atoms with Crippen LogP contribution >= 0.6 is 0 Å². The topological polar surface area (TPSA) is 56.1 Å². The molecule has 1 amide bonds. The van der Waals surface area contributed by atoms with Crippen molar-refractivity contribution in [2.24, 2.45) is 5.92 Å². The van der Waals surface area contributed by atoms with Crippen LogP contribution in [0.25, 0.3) is 0 Å². The van der Waals surface area contributed by atoms with Gasteiger partial charge in [-0.05, 0) is 26.7 Å². The van der Waals surface area contributed by atoms with Crippen molar-refractivity contribution in [2.45, 2.75) is 53.6 Å². The molecule has 0 spiro atoms. The number of hydrogen-bond acceptors (Lipinski definition) is 3. The van der Waals surface area contributed by atoms with Gasteiger partial charge in [0.15, 0.2) is 0 Å². The number of carbonyl (C=O) groups excluding carboxylic acids is 1. The van der Waals surface area contributed by atoms with Crippen LogP contribution < -0.4 is 5.32 Å². The van der Waals surface area contributed by atoms with E-state index < -0.39 is 0 Å². The molecule has 0 unspecified atom stereocenters. The highest BCUT2D eigenvalue weighted by Gasteiger charge is 2.16. The molecule has 0 aliphatic heterocycles. The average molecular weight is 281 g/mol. The first-order chi connectivity index (χ1) is 9.35. The Morgan fingerprint density at radius 2 is 2.00 bits per heavy atom. The van der Waals surface area contributed by atoms with Crippen LogP contribution in [0, 0.1) is 19.8 Å². The number of amides is 1. The fraction of sp³-hybridized carbons (Fsp3) is 0.733. The zero-order valence-corrected chi connectivity index (χ0v) is 13.5. The highest BCUT2D eigenvalue weighted by atomic mass is 16.5. The fourth-order valence-corrected chi connectivity index (χ4v) is 2.29. The van der Waals surface area contributed by atoms with Crippen LogP contribution in [0.3, 0.4) is 0 Å². The molecule has 1 atom stereocenters. The average Bonchev–Trinajstić information content (AvgIpc) is 2.56. The summed E-state index contributed by atoms with van der Waals surface area (Å²) in [7, 11) is 1.63. The Morgan fingerprint density at radius 1 is 1.35 bits per heavy atom. The largest absolute Gasteiger partial charge is 0.383 e. The molecule has 0 bridgehead atoms. The smallest absolute Gasteiger partial charge is 0.224 e. The zero-order valence-electron chi connectivity index (χ0n) is 13.5. The Hall–Kier alpha value is -1.36. The summed E-state index contributed by atoms with van der Waals surface area (Å²) in [6, 6.07) is 0.0267. The first kappa shape index (κ1) is 16.7. The molecule has 20 heavy (non-hydrogen) atoms. The molecule has 1 N–H and O–H groups in total. The molecule has 0 aliphatic carbocycles. The highest BCUT2D eigenvalue weighted by molar-refractivity contribution is 5.79. The summed E-state index contributed by atoms with van der Waals surface area (Å²) in [5.41, 5.74) is 3.07. The Balaban J connectivity index is 2.72. The number of methoxy groups -OCH3 is 1. The standard InChI is InChI=1S/C15H27N3O2/c1-10(2)8-18-13(5)14(12(4)17-18)7-15(19)16-11(3)9-20-6/h10-11H,7-9H2,1-6H3,(H,16,19)/t11-/m0/s1. The summed E-state index contributed by atoms with van der Waals surface area (Å²) in [5, 5.41) is 7.46. The second-order valence-corrected chi connectivity index (χ2v) is 5.83. The molecule has 1 rings (SSSR count). The van der Waals surface area contributed by atoms with Gasteiger partial charge in [-0.3, -0.25) is 9.48 Å². The van der Waals surface area contributed by atoms with Gasteiger partial charge in [-0.15, -0.1) is 0 Å². The maximum atomic E-state index is 12.0. The van der Waals surface area contributed by atoms with Crippen LogP contribution in [0.4, 0.5) is 0 Å². The minimum Gasteiger partial charge on any atom is -0.383 e. The molecule has 0 saturated carbocycles. The lowest BCUT2D eigenvalue weighted by molar-refractivity contribution is -0.121. The van der Waals surface area contributed by atoms with Crippen molar-refractivity contribution in [2.75, 3.05) is 13.7 Å². The number of hydrogen-bond donors (Lipinski definition) is 1. The third kappa shape index (κ3) is 4.63. The van der Waals surface area contributed by atoms with Gasteiger partial charge in [0.2, 0.25) is 5.91 Å². The predicted molar refractivity (Wildman–Crippen MR) is 79.7 cm³/mol. The van der Waals surface area contributed by atoms with Gasteiger partial charge in [-0.1, -0.05) is 13.8 Å². The third-order valence-electron chi connectivity index (χ3n) is 3.23. The van der Waals surface area contributed by atoms with Gasteiger partial charge in [0, 0.05) is 31.0 Å². The van der Waals surface area contributed by atoms with Gasteiger partial charge in [0.25, 0.3) is 0 Å². The van der Waals surface area contributed by atoms with Gasteiger partial charge < -0.3 is 10.1 Å². The molecular formula is C15H27N3O2. The lowest BCUT2D eigenvalue weighted by Gasteiger charge is -2.13. The van der Waals surface area contributed by atoms with Gasteiger partial charge in [0.1, 0.15) is 0 Å². The van der Waals surface area contributed by atoms with E-state index in [9.17, 15) is 4.79 Å². The lowest BCUT2D eigenvalue weighted by atomic mass is 10.1. The fourth-order valence-electron chi connectivity index (χ4n) is 2.29. The van der Waals surface area contributed by atoms with Crippen molar-refractivity contribution in [3.05, 3.63) is 17.0 Å². The monoisotopic (exact) mass is 281 g/mol. The van der Waals surface area contributed by atoms with E-state index in [2.05, 4.69) is 24.3 Å². The maximum absolute atomic E-state index is 12.0. The molecule has 1 heterocycles. The van der Waals surface area contributed by atoms with Crippen LogP contribution in [0.5, 0.6) is 0 Å². The minimum atomic E-state index is 0.0184. The van der Waals surface area contributed by atoms with Crippen LogP contribution in [0.2, 0.25) is 0 Å².